The quantitative estimate of drug-likeness (QED) is 0.690. The summed E-state index contributed by atoms with van der Waals surface area (Å²) in [6.45, 7) is 1.60. The summed E-state index contributed by atoms with van der Waals surface area (Å²) in [5.41, 5.74) is 0.801. The minimum absolute atomic E-state index is 0.0120. The smallest absolute Gasteiger partial charge is 0.124 e. The first kappa shape index (κ1) is 8.54. The van der Waals surface area contributed by atoms with Crippen molar-refractivity contribution in [3.63, 3.8) is 0 Å². The number of aromatic hydroxyl groups is 1. The van der Waals surface area contributed by atoms with Crippen LogP contribution in [0.3, 0.4) is 0 Å². The Labute approximate surface area is 69.9 Å². The molecule has 0 saturated heterocycles. The van der Waals surface area contributed by atoms with Crippen LogP contribution >= 0.6 is 0 Å². The molecule has 0 spiro atoms. The van der Waals surface area contributed by atoms with E-state index in [9.17, 15) is 9.50 Å². The zero-order valence-corrected chi connectivity index (χ0v) is 6.63. The second-order valence-electron chi connectivity index (χ2n) is 2.57. The number of aryl methyl sites for hydroxylation is 1. The number of phenols is 1. The number of nitrogens with zero attached hydrogens (tertiary/aromatic N) is 1. The van der Waals surface area contributed by atoms with E-state index in [0.29, 0.717) is 11.1 Å². The van der Waals surface area contributed by atoms with Crippen molar-refractivity contribution in [3.8, 4) is 11.8 Å². The summed E-state index contributed by atoms with van der Waals surface area (Å²) in [4.78, 5) is 0. The van der Waals surface area contributed by atoms with E-state index in [1.165, 1.54) is 12.1 Å². The number of hydrogen-bond donors (Lipinski definition) is 1. The Morgan fingerprint density at radius 2 is 2.25 bits per heavy atom. The van der Waals surface area contributed by atoms with E-state index in [1.807, 2.05) is 6.07 Å². The molecule has 0 aliphatic heterocycles. The van der Waals surface area contributed by atoms with Gasteiger partial charge >= 0.3 is 0 Å². The van der Waals surface area contributed by atoms with Gasteiger partial charge in [-0.2, -0.15) is 5.26 Å². The van der Waals surface area contributed by atoms with Gasteiger partial charge < -0.3 is 5.11 Å². The molecule has 62 valence electrons. The van der Waals surface area contributed by atoms with Gasteiger partial charge in [0, 0.05) is 5.56 Å². The van der Waals surface area contributed by atoms with E-state index in [-0.39, 0.29) is 12.2 Å². The molecule has 0 atom stereocenters. The van der Waals surface area contributed by atoms with Gasteiger partial charge in [0.25, 0.3) is 0 Å². The van der Waals surface area contributed by atoms with Crippen molar-refractivity contribution in [2.24, 2.45) is 0 Å². The van der Waals surface area contributed by atoms with Crippen LogP contribution in [0.4, 0.5) is 4.39 Å². The van der Waals surface area contributed by atoms with Crippen molar-refractivity contribution in [2.45, 2.75) is 13.3 Å². The Kier molecular flexibility index (Phi) is 2.29. The Morgan fingerprint density at radius 1 is 1.58 bits per heavy atom. The third-order valence-electron chi connectivity index (χ3n) is 1.61. The van der Waals surface area contributed by atoms with Gasteiger partial charge in [-0.3, -0.25) is 0 Å². The van der Waals surface area contributed by atoms with Crippen molar-refractivity contribution in [3.05, 3.63) is 29.1 Å². The van der Waals surface area contributed by atoms with Crippen LogP contribution in [0.5, 0.6) is 5.75 Å². The molecule has 2 nitrogen and oxygen atoms in total. The van der Waals surface area contributed by atoms with Crippen molar-refractivity contribution < 1.29 is 9.50 Å². The van der Waals surface area contributed by atoms with Crippen LogP contribution in [0.2, 0.25) is 0 Å². The van der Waals surface area contributed by atoms with Crippen molar-refractivity contribution in [2.75, 3.05) is 0 Å². The van der Waals surface area contributed by atoms with Crippen molar-refractivity contribution >= 4 is 0 Å². The molecule has 0 aliphatic carbocycles. The Balaban J connectivity index is 3.20. The third kappa shape index (κ3) is 1.54. The molecule has 12 heavy (non-hydrogen) atoms. The molecule has 0 saturated carbocycles. The average Bonchev–Trinajstić information content (AvgIpc) is 2.00. The summed E-state index contributed by atoms with van der Waals surface area (Å²) in [5.74, 6) is -0.409. The molecule has 1 aromatic rings. The van der Waals surface area contributed by atoms with Crippen LogP contribution in [-0.4, -0.2) is 5.11 Å². The minimum atomic E-state index is -0.421. The highest BCUT2D eigenvalue weighted by Crippen LogP contribution is 2.23. The zero-order valence-electron chi connectivity index (χ0n) is 6.63. The maximum Gasteiger partial charge on any atom is 0.124 e. The average molecular weight is 165 g/mol. The summed E-state index contributed by atoms with van der Waals surface area (Å²) in [7, 11) is 0. The molecular formula is C9H8FNO. The van der Waals surface area contributed by atoms with E-state index >= 15 is 0 Å². The van der Waals surface area contributed by atoms with E-state index in [2.05, 4.69) is 0 Å². The molecule has 0 bridgehead atoms. The van der Waals surface area contributed by atoms with E-state index < -0.39 is 5.82 Å². The molecule has 0 aromatic heterocycles. The lowest BCUT2D eigenvalue weighted by molar-refractivity contribution is 0.463. The van der Waals surface area contributed by atoms with Crippen LogP contribution < -0.4 is 0 Å². The van der Waals surface area contributed by atoms with Crippen LogP contribution in [0.15, 0.2) is 12.1 Å². The fraction of sp³-hybridized carbons (Fsp3) is 0.222. The largest absolute Gasteiger partial charge is 0.507 e. The van der Waals surface area contributed by atoms with Gasteiger partial charge in [-0.25, -0.2) is 4.39 Å². The second-order valence-corrected chi connectivity index (χ2v) is 2.57. The molecule has 0 aliphatic rings. The van der Waals surface area contributed by atoms with Gasteiger partial charge in [-0.05, 0) is 24.6 Å². The van der Waals surface area contributed by atoms with Crippen molar-refractivity contribution in [1.29, 1.82) is 5.26 Å². The fourth-order valence-corrected chi connectivity index (χ4v) is 1.02. The molecule has 1 aromatic carbocycles. The molecule has 1 N–H and O–H groups in total. The van der Waals surface area contributed by atoms with Gasteiger partial charge in [-0.15, -0.1) is 0 Å². The van der Waals surface area contributed by atoms with Crippen LogP contribution in [-0.2, 0) is 6.42 Å². The molecule has 1 rings (SSSR count). The van der Waals surface area contributed by atoms with Crippen LogP contribution in [0.25, 0.3) is 0 Å². The number of rotatable bonds is 1. The number of phenolic OH excluding ortho intramolecular Hbond substituents is 1. The predicted octanol–water partition coefficient (Wildman–Crippen LogP) is 1.91. The van der Waals surface area contributed by atoms with Gasteiger partial charge in [0.1, 0.15) is 11.6 Å². The molecule has 0 fully saturated rings. The summed E-state index contributed by atoms with van der Waals surface area (Å²) >= 11 is 0. The summed E-state index contributed by atoms with van der Waals surface area (Å²) in [6.07, 6.45) is 0.0322. The number of benzene rings is 1. The predicted molar refractivity (Wildman–Crippen MR) is 42.1 cm³/mol. The highest BCUT2D eigenvalue weighted by Gasteiger charge is 2.05. The molecular weight excluding hydrogens is 157 g/mol. The van der Waals surface area contributed by atoms with Gasteiger partial charge in [-0.1, -0.05) is 0 Å². The lowest BCUT2D eigenvalue weighted by Gasteiger charge is -2.03. The Bertz CT molecular complexity index is 341. The third-order valence-corrected chi connectivity index (χ3v) is 1.61. The Morgan fingerprint density at radius 3 is 2.83 bits per heavy atom. The van der Waals surface area contributed by atoms with Gasteiger partial charge in [0.15, 0.2) is 0 Å². The van der Waals surface area contributed by atoms with Gasteiger partial charge in [0.05, 0.1) is 12.5 Å². The second kappa shape index (κ2) is 3.22. The number of halogens is 1. The first-order valence-electron chi connectivity index (χ1n) is 3.50. The highest BCUT2D eigenvalue weighted by atomic mass is 19.1. The molecule has 0 heterocycles. The van der Waals surface area contributed by atoms with Crippen LogP contribution in [0, 0.1) is 24.1 Å². The number of hydrogen-bond acceptors (Lipinski definition) is 2. The standard InChI is InChI=1S/C9H8FNO/c1-6-4-8(10)5-7(2-3-11)9(6)12/h4-5,12H,2H2,1H3. The lowest BCUT2D eigenvalue weighted by atomic mass is 10.1. The Hall–Kier alpha value is -1.56. The molecule has 0 amide bonds. The van der Waals surface area contributed by atoms with Crippen molar-refractivity contribution in [1.82, 2.24) is 0 Å². The lowest BCUT2D eigenvalue weighted by Crippen LogP contribution is -1.88. The minimum Gasteiger partial charge on any atom is -0.507 e. The van der Waals surface area contributed by atoms with E-state index in [4.69, 9.17) is 5.26 Å². The zero-order chi connectivity index (χ0) is 9.14. The summed E-state index contributed by atoms with van der Waals surface area (Å²) in [6, 6.07) is 4.26. The van der Waals surface area contributed by atoms with E-state index in [1.54, 1.807) is 6.92 Å². The SMILES string of the molecule is Cc1cc(F)cc(CC#N)c1O. The normalized spacial score (nSPS) is 9.42. The molecule has 0 radical (unpaired) electrons. The number of nitriles is 1. The first-order valence-corrected chi connectivity index (χ1v) is 3.50. The topological polar surface area (TPSA) is 44.0 Å². The molecule has 0 unspecified atom stereocenters. The monoisotopic (exact) mass is 165 g/mol. The molecule has 3 heteroatoms. The highest BCUT2D eigenvalue weighted by molar-refractivity contribution is 5.41. The maximum absolute atomic E-state index is 12.7. The maximum atomic E-state index is 12.7. The summed E-state index contributed by atoms with van der Waals surface area (Å²) < 4.78 is 12.7. The van der Waals surface area contributed by atoms with Gasteiger partial charge in [0.2, 0.25) is 0 Å². The fourth-order valence-electron chi connectivity index (χ4n) is 1.02. The van der Waals surface area contributed by atoms with E-state index in [0.717, 1.165) is 0 Å². The summed E-state index contributed by atoms with van der Waals surface area (Å²) in [5, 5.41) is 17.7. The van der Waals surface area contributed by atoms with Crippen LogP contribution in [0.1, 0.15) is 11.1 Å². The first-order chi connectivity index (χ1) is 5.65.